The first-order valence-corrected chi connectivity index (χ1v) is 8.41. The summed E-state index contributed by atoms with van der Waals surface area (Å²) < 4.78 is 23.9. The van der Waals surface area contributed by atoms with Crippen LogP contribution in [-0.4, -0.2) is 28.9 Å². The molecule has 0 fully saturated rings. The number of nitrogens with zero attached hydrogens (tertiary/aromatic N) is 1. The molecular weight excluding hydrogens is 283 g/mol. The van der Waals surface area contributed by atoms with E-state index in [9.17, 15) is 14.2 Å². The minimum Gasteiger partial charge on any atom is -0.309 e. The van der Waals surface area contributed by atoms with Crippen LogP contribution >= 0.6 is 7.60 Å². The Hall–Kier alpha value is -1.17. The van der Waals surface area contributed by atoms with Gasteiger partial charge in [-0.1, -0.05) is 0 Å². The highest BCUT2D eigenvalue weighted by Gasteiger charge is 2.22. The first-order chi connectivity index (χ1) is 9.50. The molecule has 1 rings (SSSR count). The molecule has 0 aliphatic carbocycles. The van der Waals surface area contributed by atoms with Crippen molar-refractivity contribution >= 4 is 7.60 Å². The molecule has 0 unspecified atom stereocenters. The summed E-state index contributed by atoms with van der Waals surface area (Å²) in [6.45, 7) is 4.68. The number of aromatic nitrogens is 2. The summed E-state index contributed by atoms with van der Waals surface area (Å²) in [7, 11) is -3.01. The first kappa shape index (κ1) is 16.9. The minimum absolute atomic E-state index is 0.326. The van der Waals surface area contributed by atoms with Crippen LogP contribution in [0.4, 0.5) is 0 Å². The van der Waals surface area contributed by atoms with Crippen molar-refractivity contribution in [2.45, 2.75) is 33.2 Å². The van der Waals surface area contributed by atoms with E-state index in [0.29, 0.717) is 38.8 Å². The maximum absolute atomic E-state index is 12.2. The number of rotatable bonds is 9. The number of hydrogen-bond acceptors (Lipinski definition) is 5. The molecule has 0 spiro atoms. The van der Waals surface area contributed by atoms with Crippen LogP contribution in [0, 0.1) is 0 Å². The van der Waals surface area contributed by atoms with Crippen LogP contribution in [0.5, 0.6) is 0 Å². The Labute approximate surface area is 117 Å². The van der Waals surface area contributed by atoms with Crippen LogP contribution in [0.25, 0.3) is 0 Å². The molecule has 7 nitrogen and oxygen atoms in total. The highest BCUT2D eigenvalue weighted by molar-refractivity contribution is 7.53. The van der Waals surface area contributed by atoms with Gasteiger partial charge in [0, 0.05) is 18.8 Å². The van der Waals surface area contributed by atoms with E-state index in [-0.39, 0.29) is 0 Å². The lowest BCUT2D eigenvalue weighted by Crippen LogP contribution is -2.28. The van der Waals surface area contributed by atoms with Crippen LogP contribution in [0.1, 0.15) is 26.7 Å². The Morgan fingerprint density at radius 3 is 2.40 bits per heavy atom. The molecule has 1 aromatic heterocycles. The van der Waals surface area contributed by atoms with Gasteiger partial charge < -0.3 is 13.6 Å². The lowest BCUT2D eigenvalue weighted by Gasteiger charge is -2.16. The smallest absolute Gasteiger partial charge is 0.309 e. The molecule has 0 aromatic carbocycles. The fraction of sp³-hybridized carbons (Fsp3) is 0.667. The van der Waals surface area contributed by atoms with Gasteiger partial charge in [-0.05, 0) is 26.7 Å². The maximum atomic E-state index is 12.2. The molecule has 0 aliphatic heterocycles. The molecule has 0 radical (unpaired) electrons. The van der Waals surface area contributed by atoms with Gasteiger partial charge in [0.2, 0.25) is 0 Å². The van der Waals surface area contributed by atoms with E-state index in [1.54, 1.807) is 13.8 Å². The van der Waals surface area contributed by atoms with Gasteiger partial charge in [0.1, 0.15) is 0 Å². The Morgan fingerprint density at radius 2 is 1.85 bits per heavy atom. The normalized spacial score (nSPS) is 11.7. The molecule has 20 heavy (non-hydrogen) atoms. The van der Waals surface area contributed by atoms with Crippen LogP contribution < -0.4 is 11.2 Å². The third-order valence-electron chi connectivity index (χ3n) is 2.63. The zero-order valence-electron chi connectivity index (χ0n) is 11.8. The molecule has 0 bridgehead atoms. The summed E-state index contributed by atoms with van der Waals surface area (Å²) >= 11 is 0. The number of aromatic amines is 1. The second-order valence-corrected chi connectivity index (χ2v) is 6.37. The van der Waals surface area contributed by atoms with E-state index in [1.807, 2.05) is 0 Å². The number of aryl methyl sites for hydroxylation is 1. The molecule has 0 atom stereocenters. The third-order valence-corrected chi connectivity index (χ3v) is 4.80. The van der Waals surface area contributed by atoms with Crippen LogP contribution in [0.2, 0.25) is 0 Å². The zero-order valence-corrected chi connectivity index (χ0v) is 12.7. The summed E-state index contributed by atoms with van der Waals surface area (Å²) in [5.74, 6) is 0. The SMILES string of the molecule is CCOP(=O)(CCCCn1ccc(=O)[nH]c1=O)OCC. The molecule has 0 amide bonds. The average molecular weight is 304 g/mol. The molecule has 1 N–H and O–H groups in total. The number of unbranched alkanes of at least 4 members (excludes halogenated alkanes) is 1. The summed E-state index contributed by atoms with van der Waals surface area (Å²) in [6, 6.07) is 1.30. The maximum Gasteiger partial charge on any atom is 0.330 e. The largest absolute Gasteiger partial charge is 0.330 e. The standard InChI is InChI=1S/C12H21N2O5P/c1-3-18-20(17,19-4-2)10-6-5-8-14-9-7-11(15)13-12(14)16/h7,9H,3-6,8,10H2,1-2H3,(H,13,15,16). The lowest BCUT2D eigenvalue weighted by molar-refractivity contribution is 0.219. The Kier molecular flexibility index (Phi) is 6.91. The molecule has 8 heteroatoms. The third kappa shape index (κ3) is 5.45. The van der Waals surface area contributed by atoms with Crippen LogP contribution in [0.3, 0.4) is 0 Å². The number of hydrogen-bond donors (Lipinski definition) is 1. The molecule has 0 saturated heterocycles. The summed E-state index contributed by atoms with van der Waals surface area (Å²) in [4.78, 5) is 24.5. The van der Waals surface area contributed by atoms with Crippen LogP contribution in [0.15, 0.2) is 21.9 Å². The van der Waals surface area contributed by atoms with Crippen molar-refractivity contribution in [3.8, 4) is 0 Å². The van der Waals surface area contributed by atoms with Gasteiger partial charge in [-0.25, -0.2) is 4.79 Å². The van der Waals surface area contributed by atoms with Gasteiger partial charge in [0.05, 0.1) is 19.4 Å². The van der Waals surface area contributed by atoms with Crippen molar-refractivity contribution in [1.29, 1.82) is 0 Å². The van der Waals surface area contributed by atoms with Crippen molar-refractivity contribution in [3.05, 3.63) is 33.1 Å². The van der Waals surface area contributed by atoms with Gasteiger partial charge in [-0.15, -0.1) is 0 Å². The van der Waals surface area contributed by atoms with E-state index in [2.05, 4.69) is 4.98 Å². The van der Waals surface area contributed by atoms with E-state index in [4.69, 9.17) is 9.05 Å². The fourth-order valence-electron chi connectivity index (χ4n) is 1.77. The van der Waals surface area contributed by atoms with Gasteiger partial charge in [-0.3, -0.25) is 14.3 Å². The topological polar surface area (TPSA) is 90.4 Å². The quantitative estimate of drug-likeness (QED) is 0.552. The van der Waals surface area contributed by atoms with Crippen molar-refractivity contribution in [2.75, 3.05) is 19.4 Å². The van der Waals surface area contributed by atoms with E-state index >= 15 is 0 Å². The number of nitrogens with one attached hydrogen (secondary N) is 1. The van der Waals surface area contributed by atoms with Gasteiger partial charge >= 0.3 is 13.3 Å². The Bertz CT molecular complexity index is 555. The molecule has 1 aromatic rings. The molecule has 0 saturated carbocycles. The van der Waals surface area contributed by atoms with Crippen LogP contribution in [-0.2, 0) is 20.2 Å². The van der Waals surface area contributed by atoms with Crippen molar-refractivity contribution in [3.63, 3.8) is 0 Å². The minimum atomic E-state index is -3.01. The van der Waals surface area contributed by atoms with Gasteiger partial charge in [-0.2, -0.15) is 0 Å². The van der Waals surface area contributed by atoms with Crippen molar-refractivity contribution < 1.29 is 13.6 Å². The molecular formula is C12H21N2O5P. The monoisotopic (exact) mass is 304 g/mol. The van der Waals surface area contributed by atoms with Gasteiger partial charge in [0.15, 0.2) is 0 Å². The molecule has 0 aliphatic rings. The number of H-pyrrole nitrogens is 1. The van der Waals surface area contributed by atoms with E-state index in [1.165, 1.54) is 16.8 Å². The summed E-state index contributed by atoms with van der Waals surface area (Å²) in [5.41, 5.74) is -0.848. The van der Waals surface area contributed by atoms with Crippen molar-refractivity contribution in [1.82, 2.24) is 9.55 Å². The predicted octanol–water partition coefficient (Wildman–Crippen LogP) is 1.58. The highest BCUT2D eigenvalue weighted by atomic mass is 31.2. The first-order valence-electron chi connectivity index (χ1n) is 6.68. The average Bonchev–Trinajstić information content (AvgIpc) is 2.37. The second kappa shape index (κ2) is 8.19. The lowest BCUT2D eigenvalue weighted by atomic mass is 10.3. The van der Waals surface area contributed by atoms with E-state index < -0.39 is 18.8 Å². The zero-order chi connectivity index (χ0) is 15.0. The van der Waals surface area contributed by atoms with Crippen molar-refractivity contribution in [2.24, 2.45) is 0 Å². The van der Waals surface area contributed by atoms with E-state index in [0.717, 1.165) is 0 Å². The Morgan fingerprint density at radius 1 is 1.20 bits per heavy atom. The summed E-state index contributed by atoms with van der Waals surface area (Å²) in [6.07, 6.45) is 3.04. The van der Waals surface area contributed by atoms with Gasteiger partial charge in [0.25, 0.3) is 5.56 Å². The Balaban J connectivity index is 2.46. The molecule has 114 valence electrons. The highest BCUT2D eigenvalue weighted by Crippen LogP contribution is 2.48. The molecule has 1 heterocycles. The predicted molar refractivity (Wildman–Crippen MR) is 76.3 cm³/mol. The second-order valence-electron chi connectivity index (χ2n) is 4.18. The summed E-state index contributed by atoms with van der Waals surface area (Å²) in [5, 5.41) is 0. The fourth-order valence-corrected chi connectivity index (χ4v) is 3.50.